The van der Waals surface area contributed by atoms with Crippen LogP contribution in [0.2, 0.25) is 0 Å². The number of rotatable bonds is 4. The summed E-state index contributed by atoms with van der Waals surface area (Å²) < 4.78 is 0. The third-order valence-electron chi connectivity index (χ3n) is 3.56. The third-order valence-corrected chi connectivity index (χ3v) is 3.56. The van der Waals surface area contributed by atoms with Crippen molar-refractivity contribution < 1.29 is 4.79 Å². The second-order valence-electron chi connectivity index (χ2n) is 5.92. The molecule has 110 valence electrons. The van der Waals surface area contributed by atoms with Gasteiger partial charge in [-0.3, -0.25) is 0 Å². The van der Waals surface area contributed by atoms with E-state index in [1.165, 1.54) is 11.1 Å². The van der Waals surface area contributed by atoms with E-state index in [1.807, 2.05) is 49.4 Å². The molecule has 0 aliphatic heterocycles. The molecule has 0 spiro atoms. The number of benzene rings is 2. The minimum absolute atomic E-state index is 0.105. The van der Waals surface area contributed by atoms with Crippen LogP contribution in [-0.2, 0) is 5.41 Å². The maximum Gasteiger partial charge on any atom is 0.319 e. The van der Waals surface area contributed by atoms with E-state index >= 15 is 0 Å². The summed E-state index contributed by atoms with van der Waals surface area (Å²) in [6, 6.07) is 17.8. The molecule has 2 aromatic carbocycles. The summed E-state index contributed by atoms with van der Waals surface area (Å²) in [5.74, 6) is 0. The average Bonchev–Trinajstić information content (AvgIpc) is 2.49. The van der Waals surface area contributed by atoms with Gasteiger partial charge in [0.05, 0.1) is 0 Å². The summed E-state index contributed by atoms with van der Waals surface area (Å²) in [5, 5.41) is 5.78. The molecule has 0 radical (unpaired) electrons. The van der Waals surface area contributed by atoms with E-state index in [-0.39, 0.29) is 11.4 Å². The summed E-state index contributed by atoms with van der Waals surface area (Å²) in [4.78, 5) is 12.0. The Hall–Kier alpha value is -2.29. The fraction of sp³-hybridized carbons (Fsp3) is 0.278. The van der Waals surface area contributed by atoms with Crippen LogP contribution >= 0.6 is 0 Å². The van der Waals surface area contributed by atoms with Crippen LogP contribution in [-0.4, -0.2) is 12.6 Å². The van der Waals surface area contributed by atoms with Gasteiger partial charge >= 0.3 is 6.03 Å². The van der Waals surface area contributed by atoms with Gasteiger partial charge in [-0.2, -0.15) is 0 Å². The van der Waals surface area contributed by atoms with E-state index in [1.54, 1.807) is 0 Å². The SMILES string of the molecule is Cc1ccc(NC(=O)NCC(C)(C)c2ccccc2)cc1. The lowest BCUT2D eigenvalue weighted by molar-refractivity contribution is 0.249. The number of carbonyl (C=O) groups is 1. The van der Waals surface area contributed by atoms with Crippen LogP contribution in [0.5, 0.6) is 0 Å². The summed E-state index contributed by atoms with van der Waals surface area (Å²) in [6.07, 6.45) is 0. The van der Waals surface area contributed by atoms with Gasteiger partial charge in [0.2, 0.25) is 0 Å². The Morgan fingerprint density at radius 1 is 1.00 bits per heavy atom. The fourth-order valence-corrected chi connectivity index (χ4v) is 2.10. The van der Waals surface area contributed by atoms with Crippen molar-refractivity contribution in [1.29, 1.82) is 0 Å². The van der Waals surface area contributed by atoms with Gasteiger partial charge in [-0.1, -0.05) is 61.9 Å². The van der Waals surface area contributed by atoms with E-state index in [0.717, 1.165) is 5.69 Å². The van der Waals surface area contributed by atoms with E-state index in [2.05, 4.69) is 36.6 Å². The Labute approximate surface area is 126 Å². The maximum atomic E-state index is 12.0. The highest BCUT2D eigenvalue weighted by Gasteiger charge is 2.20. The monoisotopic (exact) mass is 282 g/mol. The first-order chi connectivity index (χ1) is 9.97. The van der Waals surface area contributed by atoms with Crippen LogP contribution in [0, 0.1) is 6.92 Å². The Balaban J connectivity index is 1.90. The highest BCUT2D eigenvalue weighted by molar-refractivity contribution is 5.89. The zero-order valence-corrected chi connectivity index (χ0v) is 12.8. The zero-order valence-electron chi connectivity index (χ0n) is 12.8. The topological polar surface area (TPSA) is 41.1 Å². The van der Waals surface area contributed by atoms with Gasteiger partial charge in [-0.25, -0.2) is 4.79 Å². The van der Waals surface area contributed by atoms with Gasteiger partial charge < -0.3 is 10.6 Å². The minimum atomic E-state index is -0.178. The molecule has 2 rings (SSSR count). The Morgan fingerprint density at radius 3 is 2.24 bits per heavy atom. The van der Waals surface area contributed by atoms with Crippen LogP contribution in [0.1, 0.15) is 25.0 Å². The first kappa shape index (κ1) is 15.1. The van der Waals surface area contributed by atoms with E-state index in [0.29, 0.717) is 6.54 Å². The minimum Gasteiger partial charge on any atom is -0.337 e. The largest absolute Gasteiger partial charge is 0.337 e. The lowest BCUT2D eigenvalue weighted by Crippen LogP contribution is -2.38. The first-order valence-corrected chi connectivity index (χ1v) is 7.14. The molecule has 3 nitrogen and oxygen atoms in total. The average molecular weight is 282 g/mol. The van der Waals surface area contributed by atoms with Gasteiger partial charge in [0.1, 0.15) is 0 Å². The van der Waals surface area contributed by atoms with Crippen molar-refractivity contribution >= 4 is 11.7 Å². The second kappa shape index (κ2) is 6.44. The van der Waals surface area contributed by atoms with Crippen molar-refractivity contribution in [3.05, 3.63) is 65.7 Å². The predicted octanol–water partition coefficient (Wildman–Crippen LogP) is 4.09. The quantitative estimate of drug-likeness (QED) is 0.871. The van der Waals surface area contributed by atoms with Crippen molar-refractivity contribution in [3.63, 3.8) is 0 Å². The van der Waals surface area contributed by atoms with Gasteiger partial charge in [0.25, 0.3) is 0 Å². The highest BCUT2D eigenvalue weighted by Crippen LogP contribution is 2.21. The lowest BCUT2D eigenvalue weighted by atomic mass is 9.85. The van der Waals surface area contributed by atoms with Gasteiger partial charge in [0.15, 0.2) is 0 Å². The molecule has 0 unspecified atom stereocenters. The molecular weight excluding hydrogens is 260 g/mol. The van der Waals surface area contributed by atoms with Crippen LogP contribution in [0.3, 0.4) is 0 Å². The molecule has 0 saturated carbocycles. The number of hydrogen-bond donors (Lipinski definition) is 2. The molecule has 2 amide bonds. The predicted molar refractivity (Wildman–Crippen MR) is 87.7 cm³/mol. The van der Waals surface area contributed by atoms with E-state index in [4.69, 9.17) is 0 Å². The van der Waals surface area contributed by atoms with Crippen LogP contribution in [0.4, 0.5) is 10.5 Å². The molecule has 0 saturated heterocycles. The summed E-state index contributed by atoms with van der Waals surface area (Å²) >= 11 is 0. The lowest BCUT2D eigenvalue weighted by Gasteiger charge is -2.25. The number of anilines is 1. The molecule has 0 bridgehead atoms. The normalized spacial score (nSPS) is 11.0. The molecule has 0 aliphatic carbocycles. The van der Waals surface area contributed by atoms with Crippen LogP contribution in [0.15, 0.2) is 54.6 Å². The molecule has 21 heavy (non-hydrogen) atoms. The Bertz CT molecular complexity index is 588. The number of carbonyl (C=O) groups excluding carboxylic acids is 1. The van der Waals surface area contributed by atoms with Gasteiger partial charge in [-0.05, 0) is 24.6 Å². The number of aryl methyl sites for hydroxylation is 1. The Kier molecular flexibility index (Phi) is 4.63. The van der Waals surface area contributed by atoms with E-state index in [9.17, 15) is 4.79 Å². The summed E-state index contributed by atoms with van der Waals surface area (Å²) in [6.45, 7) is 6.84. The second-order valence-corrected chi connectivity index (χ2v) is 5.92. The highest BCUT2D eigenvalue weighted by atomic mass is 16.2. The van der Waals surface area contributed by atoms with Crippen molar-refractivity contribution in [2.45, 2.75) is 26.2 Å². The molecule has 0 aliphatic rings. The molecule has 3 heteroatoms. The smallest absolute Gasteiger partial charge is 0.319 e. The molecule has 0 atom stereocenters. The van der Waals surface area contributed by atoms with Crippen molar-refractivity contribution in [2.24, 2.45) is 0 Å². The zero-order chi connectivity index (χ0) is 15.3. The molecule has 2 aromatic rings. The van der Waals surface area contributed by atoms with Crippen molar-refractivity contribution in [2.75, 3.05) is 11.9 Å². The Morgan fingerprint density at radius 2 is 1.62 bits per heavy atom. The first-order valence-electron chi connectivity index (χ1n) is 7.14. The molecule has 0 aromatic heterocycles. The van der Waals surface area contributed by atoms with Crippen molar-refractivity contribution in [1.82, 2.24) is 5.32 Å². The number of nitrogens with one attached hydrogen (secondary N) is 2. The van der Waals surface area contributed by atoms with E-state index < -0.39 is 0 Å². The van der Waals surface area contributed by atoms with Gasteiger partial charge in [0, 0.05) is 17.6 Å². The molecular formula is C18H22N2O. The molecule has 0 fully saturated rings. The maximum absolute atomic E-state index is 12.0. The summed E-state index contributed by atoms with van der Waals surface area (Å²) in [7, 11) is 0. The molecule has 2 N–H and O–H groups in total. The number of amides is 2. The third kappa shape index (κ3) is 4.35. The number of hydrogen-bond acceptors (Lipinski definition) is 1. The van der Waals surface area contributed by atoms with Crippen LogP contribution < -0.4 is 10.6 Å². The van der Waals surface area contributed by atoms with Crippen molar-refractivity contribution in [3.8, 4) is 0 Å². The molecule has 0 heterocycles. The number of urea groups is 1. The van der Waals surface area contributed by atoms with Gasteiger partial charge in [-0.15, -0.1) is 0 Å². The fourth-order valence-electron chi connectivity index (χ4n) is 2.10. The standard InChI is InChI=1S/C18H22N2O/c1-14-9-11-16(12-10-14)20-17(21)19-13-18(2,3)15-7-5-4-6-8-15/h4-12H,13H2,1-3H3,(H2,19,20,21). The summed E-state index contributed by atoms with van der Waals surface area (Å²) in [5.41, 5.74) is 3.08. The van der Waals surface area contributed by atoms with Crippen LogP contribution in [0.25, 0.3) is 0 Å².